The third kappa shape index (κ3) is 3.42. The fourth-order valence-corrected chi connectivity index (χ4v) is 2.67. The summed E-state index contributed by atoms with van der Waals surface area (Å²) in [6.45, 7) is 2.34. The molecular formula is C18H17F2N3O. The summed E-state index contributed by atoms with van der Waals surface area (Å²) in [7, 11) is 0. The highest BCUT2D eigenvalue weighted by atomic mass is 19.1. The first kappa shape index (κ1) is 16.1. The zero-order valence-electron chi connectivity index (χ0n) is 13.2. The lowest BCUT2D eigenvalue weighted by Crippen LogP contribution is -2.25. The molecule has 0 radical (unpaired) electrons. The number of aromatic nitrogens is 2. The fourth-order valence-electron chi connectivity index (χ4n) is 2.67. The van der Waals surface area contributed by atoms with Crippen LogP contribution < -0.4 is 11.3 Å². The molecule has 2 N–H and O–H groups in total. The van der Waals surface area contributed by atoms with Crippen molar-refractivity contribution in [3.8, 4) is 11.3 Å². The number of allylic oxidation sites excluding steroid dienone is 3. The van der Waals surface area contributed by atoms with Gasteiger partial charge in [-0.25, -0.2) is 13.5 Å². The van der Waals surface area contributed by atoms with Crippen LogP contribution in [0.25, 0.3) is 11.3 Å². The van der Waals surface area contributed by atoms with E-state index in [1.165, 1.54) is 28.9 Å². The molecule has 1 aromatic carbocycles. The minimum atomic E-state index is -0.689. The van der Waals surface area contributed by atoms with Gasteiger partial charge in [-0.05, 0) is 42.2 Å². The van der Waals surface area contributed by atoms with Crippen molar-refractivity contribution in [3.63, 3.8) is 0 Å². The summed E-state index contributed by atoms with van der Waals surface area (Å²) in [5.74, 6) is -1.13. The zero-order chi connectivity index (χ0) is 17.3. The Morgan fingerprint density at radius 3 is 2.67 bits per heavy atom. The molecule has 2 aromatic rings. The fraction of sp³-hybridized carbons (Fsp3) is 0.222. The minimum absolute atomic E-state index is 0.251. The van der Waals surface area contributed by atoms with E-state index >= 15 is 0 Å². The zero-order valence-corrected chi connectivity index (χ0v) is 13.2. The molecule has 0 bridgehead atoms. The van der Waals surface area contributed by atoms with Crippen LogP contribution in [0.3, 0.4) is 0 Å². The van der Waals surface area contributed by atoms with Crippen LogP contribution in [0.15, 0.2) is 58.5 Å². The van der Waals surface area contributed by atoms with E-state index < -0.39 is 11.6 Å². The maximum atomic E-state index is 13.4. The van der Waals surface area contributed by atoms with Crippen LogP contribution in [0.5, 0.6) is 0 Å². The van der Waals surface area contributed by atoms with Crippen LogP contribution in [-0.4, -0.2) is 9.78 Å². The monoisotopic (exact) mass is 329 g/mol. The Bertz CT molecular complexity index is 879. The second-order valence-corrected chi connectivity index (χ2v) is 5.93. The third-order valence-electron chi connectivity index (χ3n) is 4.05. The first-order chi connectivity index (χ1) is 11.4. The molecule has 0 amide bonds. The molecule has 0 fully saturated rings. The predicted octanol–water partition coefficient (Wildman–Crippen LogP) is 3.00. The molecule has 0 aliphatic heterocycles. The van der Waals surface area contributed by atoms with Gasteiger partial charge in [0.1, 0.15) is 11.6 Å². The summed E-state index contributed by atoms with van der Waals surface area (Å²) in [5, 5.41) is 4.25. The highest BCUT2D eigenvalue weighted by molar-refractivity contribution is 5.58. The number of nitrogens with zero attached hydrogens (tertiary/aromatic N) is 2. The predicted molar refractivity (Wildman–Crippen MR) is 88.0 cm³/mol. The van der Waals surface area contributed by atoms with Crippen LogP contribution in [0, 0.1) is 17.6 Å². The number of rotatable bonds is 3. The number of hydrogen-bond donors (Lipinski definition) is 1. The van der Waals surface area contributed by atoms with Gasteiger partial charge in [-0.1, -0.05) is 13.0 Å². The smallest absolute Gasteiger partial charge is 0.267 e. The minimum Gasteiger partial charge on any atom is -0.399 e. The van der Waals surface area contributed by atoms with Crippen molar-refractivity contribution in [3.05, 3.63) is 75.7 Å². The number of nitrogens with two attached hydrogens (primary N) is 1. The average molecular weight is 329 g/mol. The Morgan fingerprint density at radius 1 is 1.25 bits per heavy atom. The molecule has 1 aliphatic rings. The molecule has 3 rings (SSSR count). The van der Waals surface area contributed by atoms with Crippen molar-refractivity contribution in [2.24, 2.45) is 11.7 Å². The lowest BCUT2D eigenvalue weighted by atomic mass is 9.92. The first-order valence-corrected chi connectivity index (χ1v) is 7.63. The summed E-state index contributed by atoms with van der Waals surface area (Å²) < 4.78 is 28.1. The van der Waals surface area contributed by atoms with E-state index in [4.69, 9.17) is 5.73 Å². The first-order valence-electron chi connectivity index (χ1n) is 7.63. The van der Waals surface area contributed by atoms with E-state index in [0.29, 0.717) is 17.9 Å². The molecule has 124 valence electrons. The van der Waals surface area contributed by atoms with Crippen LogP contribution in [-0.2, 0) is 6.54 Å². The molecule has 0 saturated heterocycles. The Balaban J connectivity index is 1.98. The van der Waals surface area contributed by atoms with E-state index in [1.54, 1.807) is 0 Å². The van der Waals surface area contributed by atoms with Gasteiger partial charge in [-0.3, -0.25) is 4.79 Å². The molecule has 0 saturated carbocycles. The molecule has 24 heavy (non-hydrogen) atoms. The van der Waals surface area contributed by atoms with Gasteiger partial charge in [0.05, 0.1) is 12.2 Å². The van der Waals surface area contributed by atoms with Crippen molar-refractivity contribution in [1.82, 2.24) is 9.78 Å². The van der Waals surface area contributed by atoms with Crippen molar-refractivity contribution >= 4 is 0 Å². The van der Waals surface area contributed by atoms with Crippen LogP contribution in [0.4, 0.5) is 8.78 Å². The Hall–Kier alpha value is -2.76. The third-order valence-corrected chi connectivity index (χ3v) is 4.05. The summed E-state index contributed by atoms with van der Waals surface area (Å²) in [6, 6.07) is 5.97. The van der Waals surface area contributed by atoms with Crippen molar-refractivity contribution < 1.29 is 8.78 Å². The highest BCUT2D eigenvalue weighted by Gasteiger charge is 2.15. The highest BCUT2D eigenvalue weighted by Crippen LogP contribution is 2.23. The number of hydrogen-bond acceptors (Lipinski definition) is 3. The SMILES string of the molecule is CC1CC=C(N)C=C1Cn1nc(-c2cc(F)cc(F)c2)ccc1=O. The Labute approximate surface area is 137 Å². The van der Waals surface area contributed by atoms with Gasteiger partial charge in [0, 0.05) is 23.4 Å². The van der Waals surface area contributed by atoms with Gasteiger partial charge < -0.3 is 5.73 Å². The van der Waals surface area contributed by atoms with Crippen molar-refractivity contribution in [2.75, 3.05) is 0 Å². The van der Waals surface area contributed by atoms with Gasteiger partial charge in [-0.15, -0.1) is 0 Å². The standard InChI is InChI=1S/C18H17F2N3O/c1-11-2-3-16(21)8-13(11)10-23-18(24)5-4-17(22-23)12-6-14(19)9-15(20)7-12/h3-9,11H,2,10,21H2,1H3. The van der Waals surface area contributed by atoms with E-state index in [-0.39, 0.29) is 17.0 Å². The number of benzene rings is 1. The molecule has 1 aromatic heterocycles. The van der Waals surface area contributed by atoms with E-state index in [2.05, 4.69) is 5.10 Å². The molecular weight excluding hydrogens is 312 g/mol. The second kappa shape index (κ2) is 6.39. The number of halogens is 2. The molecule has 0 spiro atoms. The lowest BCUT2D eigenvalue weighted by molar-refractivity contribution is 0.556. The lowest BCUT2D eigenvalue weighted by Gasteiger charge is -2.19. The maximum Gasteiger partial charge on any atom is 0.267 e. The van der Waals surface area contributed by atoms with Crippen LogP contribution in [0.1, 0.15) is 13.3 Å². The Kier molecular flexibility index (Phi) is 4.29. The van der Waals surface area contributed by atoms with Gasteiger partial charge in [0.2, 0.25) is 0 Å². The van der Waals surface area contributed by atoms with E-state index in [1.807, 2.05) is 19.1 Å². The van der Waals surface area contributed by atoms with Gasteiger partial charge in [0.25, 0.3) is 5.56 Å². The van der Waals surface area contributed by atoms with Gasteiger partial charge >= 0.3 is 0 Å². The quantitative estimate of drug-likeness (QED) is 0.942. The molecule has 1 aliphatic carbocycles. The Morgan fingerprint density at radius 2 is 1.96 bits per heavy atom. The van der Waals surface area contributed by atoms with Gasteiger partial charge in [0.15, 0.2) is 0 Å². The van der Waals surface area contributed by atoms with E-state index in [0.717, 1.165) is 18.1 Å². The molecule has 1 heterocycles. The second-order valence-electron chi connectivity index (χ2n) is 5.93. The summed E-state index contributed by atoms with van der Waals surface area (Å²) >= 11 is 0. The van der Waals surface area contributed by atoms with Crippen molar-refractivity contribution in [2.45, 2.75) is 19.9 Å². The summed E-state index contributed by atoms with van der Waals surface area (Å²) in [4.78, 5) is 12.1. The summed E-state index contributed by atoms with van der Waals surface area (Å²) in [6.07, 6.45) is 4.59. The average Bonchev–Trinajstić information content (AvgIpc) is 2.52. The largest absolute Gasteiger partial charge is 0.399 e. The molecule has 1 unspecified atom stereocenters. The van der Waals surface area contributed by atoms with Crippen molar-refractivity contribution in [1.29, 1.82) is 0 Å². The summed E-state index contributed by atoms with van der Waals surface area (Å²) in [5.41, 5.74) is 7.82. The molecule has 4 nitrogen and oxygen atoms in total. The maximum absolute atomic E-state index is 13.4. The molecule has 1 atom stereocenters. The van der Waals surface area contributed by atoms with Crippen LogP contribution >= 0.6 is 0 Å². The van der Waals surface area contributed by atoms with E-state index in [9.17, 15) is 13.6 Å². The molecule has 6 heteroatoms. The topological polar surface area (TPSA) is 60.9 Å². The normalized spacial score (nSPS) is 17.4. The van der Waals surface area contributed by atoms with Crippen LogP contribution in [0.2, 0.25) is 0 Å². The van der Waals surface area contributed by atoms with Gasteiger partial charge in [-0.2, -0.15) is 5.10 Å².